The Hall–Kier alpha value is -1.70. The van der Waals surface area contributed by atoms with Crippen molar-refractivity contribution < 1.29 is 19.2 Å². The molecule has 0 aliphatic rings. The van der Waals surface area contributed by atoms with Gasteiger partial charge in [0.1, 0.15) is 11.9 Å². The second-order valence-corrected chi connectivity index (χ2v) is 5.11. The van der Waals surface area contributed by atoms with Gasteiger partial charge in [0.25, 0.3) is 5.91 Å². The summed E-state index contributed by atoms with van der Waals surface area (Å²) in [7, 11) is 0. The minimum Gasteiger partial charge on any atom is -0.394 e. The number of carbonyl (C=O) groups is 1. The summed E-state index contributed by atoms with van der Waals surface area (Å²) in [6, 6.07) is 5.42. The summed E-state index contributed by atoms with van der Waals surface area (Å²) in [5.74, 6) is 0.275. The number of carbonyl (C=O) groups excluding carboxylic acids is 1. The first-order valence-electron chi connectivity index (χ1n) is 6.18. The summed E-state index contributed by atoms with van der Waals surface area (Å²) in [6.45, 7) is 2.20. The lowest BCUT2D eigenvalue weighted by Gasteiger charge is -2.16. The third-order valence-electron chi connectivity index (χ3n) is 2.58. The van der Waals surface area contributed by atoms with Gasteiger partial charge >= 0.3 is 0 Å². The fraction of sp³-hybridized carbons (Fsp3) is 0.385. The van der Waals surface area contributed by atoms with Gasteiger partial charge in [0, 0.05) is 17.5 Å². The topological polar surface area (TPSA) is 84.6 Å². The van der Waals surface area contributed by atoms with Crippen LogP contribution in [0.4, 0.5) is 0 Å². The first-order valence-corrected chi connectivity index (χ1v) is 7.06. The number of aliphatic hydroxyl groups excluding tert-OH is 1. The van der Waals surface area contributed by atoms with Gasteiger partial charge in [-0.2, -0.15) is 0 Å². The summed E-state index contributed by atoms with van der Waals surface area (Å²) < 4.78 is 10.4. The predicted molar refractivity (Wildman–Crippen MR) is 73.7 cm³/mol. The van der Waals surface area contributed by atoms with Gasteiger partial charge in [-0.25, -0.2) is 0 Å². The minimum atomic E-state index is -0.309. The van der Waals surface area contributed by atoms with Gasteiger partial charge in [0.05, 0.1) is 13.2 Å². The molecule has 0 radical (unpaired) electrons. The molecule has 1 unspecified atom stereocenters. The Labute approximate surface area is 120 Å². The summed E-state index contributed by atoms with van der Waals surface area (Å²) in [6.07, 6.45) is -0.279. The number of aryl methyl sites for hydroxylation is 1. The van der Waals surface area contributed by atoms with E-state index in [9.17, 15) is 4.79 Å². The maximum absolute atomic E-state index is 11.9. The van der Waals surface area contributed by atoms with E-state index < -0.39 is 0 Å². The van der Waals surface area contributed by atoms with Crippen LogP contribution in [0.15, 0.2) is 28.1 Å². The van der Waals surface area contributed by atoms with Crippen LogP contribution in [0.1, 0.15) is 27.2 Å². The number of hydrogen-bond donors (Lipinski definition) is 2. The molecule has 6 nitrogen and oxygen atoms in total. The van der Waals surface area contributed by atoms with Crippen molar-refractivity contribution in [3.8, 4) is 0 Å². The molecule has 7 heteroatoms. The van der Waals surface area contributed by atoms with E-state index in [2.05, 4.69) is 10.5 Å². The van der Waals surface area contributed by atoms with E-state index in [1.54, 1.807) is 24.3 Å². The number of aromatic nitrogens is 1. The lowest BCUT2D eigenvalue weighted by atomic mass is 10.2. The number of amides is 1. The van der Waals surface area contributed by atoms with Gasteiger partial charge in [0.15, 0.2) is 5.69 Å². The van der Waals surface area contributed by atoms with E-state index in [0.717, 1.165) is 4.88 Å². The molecular weight excluding hydrogens is 280 g/mol. The average molecular weight is 296 g/mol. The number of ether oxygens (including phenoxy) is 1. The summed E-state index contributed by atoms with van der Waals surface area (Å²) in [5, 5.41) is 17.2. The van der Waals surface area contributed by atoms with Crippen molar-refractivity contribution in [3.63, 3.8) is 0 Å². The Kier molecular flexibility index (Phi) is 5.28. The van der Waals surface area contributed by atoms with Crippen molar-refractivity contribution in [2.45, 2.75) is 13.0 Å². The van der Waals surface area contributed by atoms with Gasteiger partial charge in [-0.05, 0) is 18.4 Å². The second kappa shape index (κ2) is 7.18. The van der Waals surface area contributed by atoms with Gasteiger partial charge in [-0.3, -0.25) is 4.79 Å². The van der Waals surface area contributed by atoms with Crippen LogP contribution in [0.5, 0.6) is 0 Å². The Morgan fingerprint density at radius 2 is 2.50 bits per heavy atom. The summed E-state index contributed by atoms with van der Waals surface area (Å²) >= 11 is 1.54. The largest absolute Gasteiger partial charge is 0.394 e. The molecule has 0 fully saturated rings. The van der Waals surface area contributed by atoms with E-state index in [4.69, 9.17) is 14.4 Å². The molecule has 2 aromatic heterocycles. The molecule has 0 saturated carbocycles. The van der Waals surface area contributed by atoms with Crippen molar-refractivity contribution in [1.82, 2.24) is 10.5 Å². The predicted octanol–water partition coefficient (Wildman–Crippen LogP) is 1.52. The number of nitrogens with one attached hydrogen (secondary N) is 1. The highest BCUT2D eigenvalue weighted by Crippen LogP contribution is 2.21. The van der Waals surface area contributed by atoms with Gasteiger partial charge in [-0.1, -0.05) is 11.2 Å². The Morgan fingerprint density at radius 1 is 1.65 bits per heavy atom. The Bertz CT molecular complexity index is 538. The van der Waals surface area contributed by atoms with Gasteiger partial charge in [-0.15, -0.1) is 11.3 Å². The molecule has 2 rings (SSSR count). The zero-order valence-electron chi connectivity index (χ0n) is 11.0. The highest BCUT2D eigenvalue weighted by Gasteiger charge is 2.16. The zero-order valence-corrected chi connectivity index (χ0v) is 11.9. The summed E-state index contributed by atoms with van der Waals surface area (Å²) in [4.78, 5) is 12.9. The molecule has 108 valence electrons. The molecule has 0 aromatic carbocycles. The van der Waals surface area contributed by atoms with Crippen LogP contribution in [0, 0.1) is 6.92 Å². The normalized spacial score (nSPS) is 12.3. The van der Waals surface area contributed by atoms with Gasteiger partial charge < -0.3 is 19.7 Å². The van der Waals surface area contributed by atoms with Crippen LogP contribution in [-0.4, -0.2) is 35.9 Å². The van der Waals surface area contributed by atoms with Crippen LogP contribution < -0.4 is 5.32 Å². The molecule has 1 amide bonds. The van der Waals surface area contributed by atoms with E-state index in [0.29, 0.717) is 12.3 Å². The molecule has 2 aromatic rings. The van der Waals surface area contributed by atoms with Crippen LogP contribution in [0.25, 0.3) is 0 Å². The van der Waals surface area contributed by atoms with E-state index in [1.807, 2.05) is 17.5 Å². The fourth-order valence-electron chi connectivity index (χ4n) is 1.66. The molecule has 0 aliphatic carbocycles. The van der Waals surface area contributed by atoms with E-state index in [1.165, 1.54) is 0 Å². The Balaban J connectivity index is 1.93. The molecule has 2 N–H and O–H groups in total. The first kappa shape index (κ1) is 14.7. The maximum atomic E-state index is 11.9. The molecule has 0 aliphatic heterocycles. The number of nitrogens with zero attached hydrogens (tertiary/aromatic N) is 1. The smallest absolute Gasteiger partial charge is 0.273 e. The third kappa shape index (κ3) is 3.89. The number of hydrogen-bond acceptors (Lipinski definition) is 6. The van der Waals surface area contributed by atoms with Crippen LogP contribution >= 0.6 is 11.3 Å². The number of thiophene rings is 1. The summed E-state index contributed by atoms with van der Waals surface area (Å²) in [5.41, 5.74) is 0.245. The van der Waals surface area contributed by atoms with E-state index >= 15 is 0 Å². The van der Waals surface area contributed by atoms with Gasteiger partial charge in [0.2, 0.25) is 0 Å². The van der Waals surface area contributed by atoms with Crippen molar-refractivity contribution in [2.75, 3.05) is 19.8 Å². The van der Waals surface area contributed by atoms with Crippen LogP contribution in [0.2, 0.25) is 0 Å². The number of aliphatic hydroxyl groups is 1. The molecule has 0 bridgehead atoms. The molecule has 0 saturated heterocycles. The molecule has 20 heavy (non-hydrogen) atoms. The fourth-order valence-corrected chi connectivity index (χ4v) is 2.44. The van der Waals surface area contributed by atoms with Crippen molar-refractivity contribution in [3.05, 3.63) is 39.9 Å². The molecule has 0 spiro atoms. The monoisotopic (exact) mass is 296 g/mol. The average Bonchev–Trinajstić information content (AvgIpc) is 3.10. The molecular formula is C13H16N2O4S. The van der Waals surface area contributed by atoms with Crippen molar-refractivity contribution in [2.24, 2.45) is 0 Å². The standard InChI is InChI=1S/C13H16N2O4S/c1-9-7-10(15-19-9)13(17)14-8-11(18-5-4-16)12-3-2-6-20-12/h2-3,6-7,11,16H,4-5,8H2,1H3,(H,14,17). The highest BCUT2D eigenvalue weighted by atomic mass is 32.1. The first-order chi connectivity index (χ1) is 9.70. The maximum Gasteiger partial charge on any atom is 0.273 e. The number of rotatable bonds is 7. The quantitative estimate of drug-likeness (QED) is 0.809. The van der Waals surface area contributed by atoms with Crippen molar-refractivity contribution >= 4 is 17.2 Å². The lowest BCUT2D eigenvalue weighted by molar-refractivity contribution is 0.0295. The van der Waals surface area contributed by atoms with Crippen LogP contribution in [-0.2, 0) is 4.74 Å². The minimum absolute atomic E-state index is 0.0572. The molecule has 2 heterocycles. The second-order valence-electron chi connectivity index (χ2n) is 4.13. The SMILES string of the molecule is Cc1cc(C(=O)NCC(OCCO)c2cccs2)no1. The Morgan fingerprint density at radius 3 is 3.10 bits per heavy atom. The molecule has 1 atom stereocenters. The lowest BCUT2D eigenvalue weighted by Crippen LogP contribution is -2.29. The zero-order chi connectivity index (χ0) is 14.4. The highest BCUT2D eigenvalue weighted by molar-refractivity contribution is 7.10. The van der Waals surface area contributed by atoms with Crippen molar-refractivity contribution in [1.29, 1.82) is 0 Å². The van der Waals surface area contributed by atoms with E-state index in [-0.39, 0.29) is 30.9 Å². The van der Waals surface area contributed by atoms with Crippen LogP contribution in [0.3, 0.4) is 0 Å². The third-order valence-corrected chi connectivity index (χ3v) is 3.54.